The third-order valence-electron chi connectivity index (χ3n) is 3.60. The quantitative estimate of drug-likeness (QED) is 0.895. The molecule has 0 heterocycles. The van der Waals surface area contributed by atoms with Gasteiger partial charge < -0.3 is 10.1 Å². The number of rotatable bonds is 4. The molecule has 0 aliphatic rings. The van der Waals surface area contributed by atoms with Crippen LogP contribution in [-0.4, -0.2) is 12.5 Å². The molecule has 3 nitrogen and oxygen atoms in total. The highest BCUT2D eigenvalue weighted by Gasteiger charge is 2.09. The minimum atomic E-state index is -0.205. The molecule has 2 aromatic rings. The van der Waals surface area contributed by atoms with E-state index in [0.717, 1.165) is 28.0 Å². The van der Waals surface area contributed by atoms with E-state index in [2.05, 4.69) is 11.4 Å². The zero-order chi connectivity index (χ0) is 16.3. The number of carbonyl (C=O) groups is 1. The van der Waals surface area contributed by atoms with Gasteiger partial charge in [0.25, 0.3) is 5.91 Å². The van der Waals surface area contributed by atoms with Gasteiger partial charge in [0.1, 0.15) is 5.75 Å². The van der Waals surface area contributed by atoms with E-state index in [1.54, 1.807) is 12.1 Å². The molecule has 0 bridgehead atoms. The first-order chi connectivity index (χ1) is 10.4. The van der Waals surface area contributed by atoms with Gasteiger partial charge in [-0.15, -0.1) is 0 Å². The second-order valence-electron chi connectivity index (χ2n) is 5.50. The lowest BCUT2D eigenvalue weighted by atomic mass is 10.1. The van der Waals surface area contributed by atoms with Gasteiger partial charge in [-0.1, -0.05) is 23.7 Å². The zero-order valence-corrected chi connectivity index (χ0v) is 14.0. The van der Waals surface area contributed by atoms with Crippen LogP contribution in [0.3, 0.4) is 0 Å². The highest BCUT2D eigenvalue weighted by Crippen LogP contribution is 2.24. The molecule has 0 atom stereocenters. The molecule has 2 aromatic carbocycles. The Morgan fingerprint density at radius 3 is 2.55 bits per heavy atom. The van der Waals surface area contributed by atoms with Gasteiger partial charge in [0.05, 0.1) is 0 Å². The van der Waals surface area contributed by atoms with E-state index in [-0.39, 0.29) is 12.5 Å². The molecule has 2 rings (SSSR count). The second kappa shape index (κ2) is 6.84. The van der Waals surface area contributed by atoms with Crippen molar-refractivity contribution in [3.8, 4) is 5.75 Å². The second-order valence-corrected chi connectivity index (χ2v) is 5.94. The topological polar surface area (TPSA) is 38.3 Å². The lowest BCUT2D eigenvalue weighted by Crippen LogP contribution is -2.21. The van der Waals surface area contributed by atoms with E-state index in [4.69, 9.17) is 16.3 Å². The van der Waals surface area contributed by atoms with Crippen LogP contribution >= 0.6 is 11.6 Å². The van der Waals surface area contributed by atoms with E-state index >= 15 is 0 Å². The maximum atomic E-state index is 12.1. The number of aryl methyl sites for hydroxylation is 3. The predicted molar refractivity (Wildman–Crippen MR) is 91.0 cm³/mol. The molecule has 0 saturated carbocycles. The Morgan fingerprint density at radius 1 is 1.09 bits per heavy atom. The molecule has 1 N–H and O–H groups in total. The number of ether oxygens (including phenoxy) is 1. The summed E-state index contributed by atoms with van der Waals surface area (Å²) < 4.78 is 5.66. The average Bonchev–Trinajstić information content (AvgIpc) is 2.45. The average molecular weight is 318 g/mol. The van der Waals surface area contributed by atoms with E-state index in [1.165, 1.54) is 0 Å². The van der Waals surface area contributed by atoms with Crippen molar-refractivity contribution in [1.82, 2.24) is 0 Å². The van der Waals surface area contributed by atoms with Crippen LogP contribution in [0.1, 0.15) is 22.3 Å². The molecule has 0 unspecified atom stereocenters. The summed E-state index contributed by atoms with van der Waals surface area (Å²) in [6, 6.07) is 9.43. The molecular formula is C18H20ClNO2. The molecular weight excluding hydrogens is 298 g/mol. The van der Waals surface area contributed by atoms with Crippen molar-refractivity contribution in [3.05, 3.63) is 57.6 Å². The summed E-state index contributed by atoms with van der Waals surface area (Å²) >= 11 is 5.95. The Labute approximate surface area is 136 Å². The summed E-state index contributed by atoms with van der Waals surface area (Å²) in [7, 11) is 0. The smallest absolute Gasteiger partial charge is 0.262 e. The van der Waals surface area contributed by atoms with E-state index in [1.807, 2.05) is 39.8 Å². The highest BCUT2D eigenvalue weighted by atomic mass is 35.5. The maximum absolute atomic E-state index is 12.1. The molecule has 0 aromatic heterocycles. The number of nitrogens with one attached hydrogen (secondary N) is 1. The Balaban J connectivity index is 2.03. The SMILES string of the molecule is Cc1cc(C)c(C)c(OCC(=O)Nc2cc(Cl)ccc2C)c1. The van der Waals surface area contributed by atoms with Gasteiger partial charge in [-0.25, -0.2) is 0 Å². The van der Waals surface area contributed by atoms with Gasteiger partial charge in [-0.05, 0) is 68.1 Å². The van der Waals surface area contributed by atoms with Gasteiger partial charge in [-0.2, -0.15) is 0 Å². The molecule has 0 fully saturated rings. The predicted octanol–water partition coefficient (Wildman–Crippen LogP) is 4.59. The van der Waals surface area contributed by atoms with Crippen molar-refractivity contribution in [2.45, 2.75) is 27.7 Å². The molecule has 0 saturated heterocycles. The van der Waals surface area contributed by atoms with Gasteiger partial charge in [0.15, 0.2) is 6.61 Å². The maximum Gasteiger partial charge on any atom is 0.262 e. The van der Waals surface area contributed by atoms with Gasteiger partial charge in [-0.3, -0.25) is 4.79 Å². The summed E-state index contributed by atoms with van der Waals surface area (Å²) in [5, 5.41) is 3.41. The van der Waals surface area contributed by atoms with E-state index in [9.17, 15) is 4.79 Å². The summed E-state index contributed by atoms with van der Waals surface area (Å²) in [6.45, 7) is 7.92. The summed E-state index contributed by atoms with van der Waals surface area (Å²) in [6.07, 6.45) is 0. The number of amides is 1. The monoisotopic (exact) mass is 317 g/mol. The molecule has 22 heavy (non-hydrogen) atoms. The summed E-state index contributed by atoms with van der Waals surface area (Å²) in [4.78, 5) is 12.1. The minimum Gasteiger partial charge on any atom is -0.483 e. The number of halogens is 1. The molecule has 0 aliphatic carbocycles. The molecule has 0 aliphatic heterocycles. The van der Waals surface area contributed by atoms with Gasteiger partial charge in [0, 0.05) is 10.7 Å². The fourth-order valence-corrected chi connectivity index (χ4v) is 2.38. The van der Waals surface area contributed by atoms with Crippen LogP contribution < -0.4 is 10.1 Å². The molecule has 4 heteroatoms. The van der Waals surface area contributed by atoms with Crippen LogP contribution in [0.15, 0.2) is 30.3 Å². The Morgan fingerprint density at radius 2 is 1.82 bits per heavy atom. The Hall–Kier alpha value is -2.00. The first kappa shape index (κ1) is 16.4. The van der Waals surface area contributed by atoms with Crippen LogP contribution in [-0.2, 0) is 4.79 Å². The Kier molecular flexibility index (Phi) is 5.09. The van der Waals surface area contributed by atoms with E-state index in [0.29, 0.717) is 10.7 Å². The number of hydrogen-bond acceptors (Lipinski definition) is 2. The molecule has 116 valence electrons. The van der Waals surface area contributed by atoms with Crippen LogP contribution in [0, 0.1) is 27.7 Å². The molecule has 0 spiro atoms. The number of benzene rings is 2. The lowest BCUT2D eigenvalue weighted by molar-refractivity contribution is -0.118. The van der Waals surface area contributed by atoms with Crippen molar-refractivity contribution >= 4 is 23.2 Å². The molecule has 0 radical (unpaired) electrons. The first-order valence-corrected chi connectivity index (χ1v) is 7.51. The zero-order valence-electron chi connectivity index (χ0n) is 13.3. The van der Waals surface area contributed by atoms with E-state index < -0.39 is 0 Å². The fraction of sp³-hybridized carbons (Fsp3) is 0.278. The van der Waals surface area contributed by atoms with Crippen molar-refractivity contribution in [2.75, 3.05) is 11.9 Å². The fourth-order valence-electron chi connectivity index (χ4n) is 2.21. The van der Waals surface area contributed by atoms with Crippen LogP contribution in [0.5, 0.6) is 5.75 Å². The summed E-state index contributed by atoms with van der Waals surface area (Å²) in [5.74, 6) is 0.541. The van der Waals surface area contributed by atoms with Gasteiger partial charge in [0.2, 0.25) is 0 Å². The number of carbonyl (C=O) groups excluding carboxylic acids is 1. The van der Waals surface area contributed by atoms with Crippen LogP contribution in [0.25, 0.3) is 0 Å². The highest BCUT2D eigenvalue weighted by molar-refractivity contribution is 6.31. The summed E-state index contributed by atoms with van der Waals surface area (Å²) in [5.41, 5.74) is 4.99. The standard InChI is InChI=1S/C18H20ClNO2/c1-11-7-13(3)14(4)17(8-11)22-10-18(21)20-16-9-15(19)6-5-12(16)2/h5-9H,10H2,1-4H3,(H,20,21). The van der Waals surface area contributed by atoms with Crippen LogP contribution in [0.2, 0.25) is 5.02 Å². The van der Waals surface area contributed by atoms with Gasteiger partial charge >= 0.3 is 0 Å². The third-order valence-corrected chi connectivity index (χ3v) is 3.83. The number of anilines is 1. The van der Waals surface area contributed by atoms with Crippen molar-refractivity contribution in [3.63, 3.8) is 0 Å². The normalized spacial score (nSPS) is 10.4. The lowest BCUT2D eigenvalue weighted by Gasteiger charge is -2.13. The number of hydrogen-bond donors (Lipinski definition) is 1. The van der Waals surface area contributed by atoms with Crippen molar-refractivity contribution < 1.29 is 9.53 Å². The largest absolute Gasteiger partial charge is 0.483 e. The minimum absolute atomic E-state index is 0.0321. The van der Waals surface area contributed by atoms with Crippen LogP contribution in [0.4, 0.5) is 5.69 Å². The third kappa shape index (κ3) is 4.01. The Bertz CT molecular complexity index is 710. The first-order valence-electron chi connectivity index (χ1n) is 7.13. The molecule has 1 amide bonds. The van der Waals surface area contributed by atoms with Crippen molar-refractivity contribution in [1.29, 1.82) is 0 Å². The van der Waals surface area contributed by atoms with Crippen molar-refractivity contribution in [2.24, 2.45) is 0 Å².